The van der Waals surface area contributed by atoms with E-state index in [-0.39, 0.29) is 24.6 Å². The molecule has 0 aliphatic heterocycles. The number of likely N-dealkylation sites (N-methyl/N-ethyl adjacent to an activating group) is 1. The van der Waals surface area contributed by atoms with Crippen molar-refractivity contribution in [3.05, 3.63) is 84.0 Å². The van der Waals surface area contributed by atoms with Gasteiger partial charge in [-0.05, 0) is 47.5 Å². The quantitative estimate of drug-likeness (QED) is 0.440. The van der Waals surface area contributed by atoms with Gasteiger partial charge < -0.3 is 4.90 Å². The number of benzene rings is 1. The number of hydrogen-bond acceptors (Lipinski definition) is 5. The summed E-state index contributed by atoms with van der Waals surface area (Å²) in [6, 6.07) is 12.6. The third kappa shape index (κ3) is 3.98. The maximum absolute atomic E-state index is 13.2. The third-order valence-corrected chi connectivity index (χ3v) is 6.92. The molecule has 3 aromatic heterocycles. The van der Waals surface area contributed by atoms with Gasteiger partial charge in [-0.15, -0.1) is 22.7 Å². The molecule has 0 atom stereocenters. The average molecular weight is 460 g/mol. The lowest BCUT2D eigenvalue weighted by atomic mass is 10.3. The molecule has 4 rings (SSSR count). The van der Waals surface area contributed by atoms with Gasteiger partial charge in [-0.2, -0.15) is 0 Å². The minimum Gasteiger partial charge on any atom is -0.314 e. The van der Waals surface area contributed by atoms with Crippen LogP contribution < -0.4 is 16.1 Å². The largest absolute Gasteiger partial charge is 0.332 e. The summed E-state index contributed by atoms with van der Waals surface area (Å²) in [6.07, 6.45) is 0.583. The number of halogens is 1. The molecule has 4 aromatic rings. The van der Waals surface area contributed by atoms with E-state index in [4.69, 9.17) is 11.6 Å². The lowest BCUT2D eigenvalue weighted by molar-refractivity contribution is -0.118. The number of carbonyl (C=O) groups is 1. The van der Waals surface area contributed by atoms with Crippen LogP contribution in [0.3, 0.4) is 0 Å². The summed E-state index contributed by atoms with van der Waals surface area (Å²) < 4.78 is 3.08. The van der Waals surface area contributed by atoms with E-state index in [1.54, 1.807) is 54.1 Å². The fraction of sp³-hybridized carbons (Fsp3) is 0.190. The highest BCUT2D eigenvalue weighted by Gasteiger charge is 2.19. The van der Waals surface area contributed by atoms with Crippen LogP contribution in [0, 0.1) is 0 Å². The molecule has 154 valence electrons. The summed E-state index contributed by atoms with van der Waals surface area (Å²) in [7, 11) is 1.64. The Morgan fingerprint density at radius 3 is 2.63 bits per heavy atom. The Bertz CT molecular complexity index is 1320. The van der Waals surface area contributed by atoms with Gasteiger partial charge in [-0.25, -0.2) is 4.79 Å². The van der Waals surface area contributed by atoms with Gasteiger partial charge in [-0.3, -0.25) is 18.7 Å². The second-order valence-electron chi connectivity index (χ2n) is 6.72. The highest BCUT2D eigenvalue weighted by Crippen LogP contribution is 2.20. The Kier molecular flexibility index (Phi) is 5.90. The zero-order chi connectivity index (χ0) is 21.3. The predicted molar refractivity (Wildman–Crippen MR) is 123 cm³/mol. The normalized spacial score (nSPS) is 11.1. The van der Waals surface area contributed by atoms with E-state index in [1.165, 1.54) is 25.4 Å². The lowest BCUT2D eigenvalue weighted by Crippen LogP contribution is -2.42. The van der Waals surface area contributed by atoms with Crippen LogP contribution in [0.5, 0.6) is 0 Å². The molecule has 3 heterocycles. The molecule has 0 radical (unpaired) electrons. The highest BCUT2D eigenvalue weighted by molar-refractivity contribution is 7.17. The summed E-state index contributed by atoms with van der Waals surface area (Å²) in [6.45, 7) is 0.0959. The topological polar surface area (TPSA) is 64.3 Å². The number of anilines is 1. The molecule has 1 amide bonds. The first-order chi connectivity index (χ1) is 14.5. The molecule has 0 saturated carbocycles. The van der Waals surface area contributed by atoms with Crippen LogP contribution in [0.4, 0.5) is 5.69 Å². The molecular weight excluding hydrogens is 442 g/mol. The lowest BCUT2D eigenvalue weighted by Gasteiger charge is -2.19. The molecular formula is C21H18ClN3O3S2. The van der Waals surface area contributed by atoms with Crippen LogP contribution in [0.15, 0.2) is 62.8 Å². The van der Waals surface area contributed by atoms with E-state index in [0.717, 1.165) is 4.88 Å². The van der Waals surface area contributed by atoms with Crippen LogP contribution >= 0.6 is 34.3 Å². The zero-order valence-electron chi connectivity index (χ0n) is 16.1. The van der Waals surface area contributed by atoms with Crippen molar-refractivity contribution in [2.45, 2.75) is 19.5 Å². The van der Waals surface area contributed by atoms with Crippen molar-refractivity contribution in [3.8, 4) is 0 Å². The Hall–Kier alpha value is -2.68. The fourth-order valence-electron chi connectivity index (χ4n) is 3.23. The highest BCUT2D eigenvalue weighted by atomic mass is 35.5. The van der Waals surface area contributed by atoms with Crippen molar-refractivity contribution in [1.29, 1.82) is 0 Å². The van der Waals surface area contributed by atoms with Crippen LogP contribution in [0.1, 0.15) is 4.88 Å². The molecule has 0 aliphatic carbocycles. The van der Waals surface area contributed by atoms with Gasteiger partial charge in [-0.1, -0.05) is 23.7 Å². The number of aryl methyl sites for hydroxylation is 1. The second-order valence-corrected chi connectivity index (χ2v) is 9.11. The maximum Gasteiger partial charge on any atom is 0.332 e. The first kappa shape index (κ1) is 20.6. The van der Waals surface area contributed by atoms with Gasteiger partial charge in [0.05, 0.1) is 5.52 Å². The van der Waals surface area contributed by atoms with E-state index in [1.807, 2.05) is 17.5 Å². The number of amides is 1. The standard InChI is InChI=1S/C21H18ClN3O3S2/c1-23(15-5-2-4-14(22)12-15)18(26)13-25-17-8-11-30-19(17)20(27)24(21(25)28)9-7-16-6-3-10-29-16/h2-6,8,10-12H,7,9,13H2,1H3. The Morgan fingerprint density at radius 2 is 1.90 bits per heavy atom. The number of fused-ring (bicyclic) bond motifs is 1. The zero-order valence-corrected chi connectivity index (χ0v) is 18.5. The molecule has 0 aliphatic rings. The van der Waals surface area contributed by atoms with Crippen molar-refractivity contribution >= 4 is 56.1 Å². The summed E-state index contributed by atoms with van der Waals surface area (Å²) in [4.78, 5) is 41.5. The number of nitrogens with zero attached hydrogens (tertiary/aromatic N) is 3. The average Bonchev–Trinajstić information content (AvgIpc) is 3.42. The number of thiophene rings is 2. The van der Waals surface area contributed by atoms with E-state index in [0.29, 0.717) is 27.3 Å². The smallest absolute Gasteiger partial charge is 0.314 e. The Balaban J connectivity index is 1.69. The van der Waals surface area contributed by atoms with Crippen molar-refractivity contribution in [3.63, 3.8) is 0 Å². The van der Waals surface area contributed by atoms with Gasteiger partial charge in [0.2, 0.25) is 5.91 Å². The van der Waals surface area contributed by atoms with Crippen molar-refractivity contribution in [2.75, 3.05) is 11.9 Å². The Labute approximate surface area is 185 Å². The molecule has 0 bridgehead atoms. The molecule has 30 heavy (non-hydrogen) atoms. The van der Waals surface area contributed by atoms with Gasteiger partial charge in [0.25, 0.3) is 5.56 Å². The second kappa shape index (κ2) is 8.59. The summed E-state index contributed by atoms with van der Waals surface area (Å²) in [5.41, 5.74) is 0.326. The van der Waals surface area contributed by atoms with Gasteiger partial charge in [0.1, 0.15) is 11.2 Å². The summed E-state index contributed by atoms with van der Waals surface area (Å²) in [5, 5.41) is 4.24. The number of carbonyl (C=O) groups excluding carboxylic acids is 1. The fourth-order valence-corrected chi connectivity index (χ4v) is 4.96. The van der Waals surface area contributed by atoms with Crippen LogP contribution in [-0.4, -0.2) is 22.1 Å². The monoisotopic (exact) mass is 459 g/mol. The van der Waals surface area contributed by atoms with Gasteiger partial charge in [0, 0.05) is 29.2 Å². The SMILES string of the molecule is CN(C(=O)Cn1c(=O)n(CCc2cccs2)c(=O)c2sccc21)c1cccc(Cl)c1. The predicted octanol–water partition coefficient (Wildman–Crippen LogP) is 3.85. The Morgan fingerprint density at radius 1 is 1.07 bits per heavy atom. The number of hydrogen-bond donors (Lipinski definition) is 0. The number of aromatic nitrogens is 2. The van der Waals surface area contributed by atoms with E-state index < -0.39 is 5.69 Å². The molecule has 0 unspecified atom stereocenters. The van der Waals surface area contributed by atoms with E-state index in [9.17, 15) is 14.4 Å². The van der Waals surface area contributed by atoms with Crippen molar-refractivity contribution in [2.24, 2.45) is 0 Å². The molecule has 0 N–H and O–H groups in total. The first-order valence-corrected chi connectivity index (χ1v) is 11.3. The van der Waals surface area contributed by atoms with Gasteiger partial charge >= 0.3 is 5.69 Å². The van der Waals surface area contributed by atoms with Crippen LogP contribution in [-0.2, 0) is 24.3 Å². The molecule has 0 spiro atoms. The molecule has 9 heteroatoms. The van der Waals surface area contributed by atoms with E-state index in [2.05, 4.69) is 0 Å². The third-order valence-electron chi connectivity index (χ3n) is 4.86. The number of rotatable bonds is 6. The van der Waals surface area contributed by atoms with Crippen LogP contribution in [0.25, 0.3) is 10.2 Å². The summed E-state index contributed by atoms with van der Waals surface area (Å²) >= 11 is 8.89. The van der Waals surface area contributed by atoms with Crippen LogP contribution in [0.2, 0.25) is 5.02 Å². The van der Waals surface area contributed by atoms with Gasteiger partial charge in [0.15, 0.2) is 0 Å². The minimum atomic E-state index is -0.477. The van der Waals surface area contributed by atoms with Crippen molar-refractivity contribution < 1.29 is 4.79 Å². The summed E-state index contributed by atoms with van der Waals surface area (Å²) in [5.74, 6) is -0.282. The molecule has 1 aromatic carbocycles. The van der Waals surface area contributed by atoms with Crippen molar-refractivity contribution in [1.82, 2.24) is 9.13 Å². The first-order valence-electron chi connectivity index (χ1n) is 9.21. The molecule has 6 nitrogen and oxygen atoms in total. The maximum atomic E-state index is 13.2. The minimum absolute atomic E-state index is 0.172. The van der Waals surface area contributed by atoms with E-state index >= 15 is 0 Å². The molecule has 0 saturated heterocycles. The molecule has 0 fully saturated rings.